The topological polar surface area (TPSA) is 105 Å². The molecule has 184 valence electrons. The SMILES string of the molecule is Cc1cccc(OCCN2CCN(c3ccc(S(=O)(=O)N4CCOCC4)cc3[N+](=O)[O-])CC2)c1. The molecule has 11 heteroatoms. The van der Waals surface area contributed by atoms with Crippen LogP contribution in [-0.2, 0) is 14.8 Å². The van der Waals surface area contributed by atoms with Crippen molar-refractivity contribution in [1.82, 2.24) is 9.21 Å². The highest BCUT2D eigenvalue weighted by atomic mass is 32.2. The van der Waals surface area contributed by atoms with Crippen molar-refractivity contribution < 1.29 is 22.8 Å². The minimum atomic E-state index is -3.80. The summed E-state index contributed by atoms with van der Waals surface area (Å²) in [5.74, 6) is 0.849. The van der Waals surface area contributed by atoms with E-state index in [1.807, 2.05) is 36.1 Å². The van der Waals surface area contributed by atoms with Gasteiger partial charge in [-0.1, -0.05) is 12.1 Å². The minimum absolute atomic E-state index is 0.0585. The molecule has 0 radical (unpaired) electrons. The summed E-state index contributed by atoms with van der Waals surface area (Å²) in [4.78, 5) is 15.4. The average Bonchev–Trinajstić information content (AvgIpc) is 2.85. The molecule has 2 aliphatic rings. The van der Waals surface area contributed by atoms with Crippen LogP contribution in [0.5, 0.6) is 5.75 Å². The van der Waals surface area contributed by atoms with E-state index < -0.39 is 14.9 Å². The molecule has 0 N–H and O–H groups in total. The van der Waals surface area contributed by atoms with Crippen LogP contribution in [0.3, 0.4) is 0 Å². The van der Waals surface area contributed by atoms with Gasteiger partial charge in [0.2, 0.25) is 10.0 Å². The van der Waals surface area contributed by atoms with Crippen LogP contribution >= 0.6 is 0 Å². The normalized spacial score (nSPS) is 18.1. The lowest BCUT2D eigenvalue weighted by Crippen LogP contribution is -2.47. The van der Waals surface area contributed by atoms with Crippen LogP contribution in [0.2, 0.25) is 0 Å². The summed E-state index contributed by atoms with van der Waals surface area (Å²) < 4.78 is 38.2. The van der Waals surface area contributed by atoms with Crippen LogP contribution in [-0.4, -0.2) is 88.2 Å². The van der Waals surface area contributed by atoms with Gasteiger partial charge in [-0.2, -0.15) is 4.31 Å². The van der Waals surface area contributed by atoms with E-state index >= 15 is 0 Å². The smallest absolute Gasteiger partial charge is 0.293 e. The molecule has 0 bridgehead atoms. The third kappa shape index (κ3) is 5.66. The number of nitro groups is 1. The maximum absolute atomic E-state index is 12.9. The highest BCUT2D eigenvalue weighted by Gasteiger charge is 2.30. The molecule has 0 saturated carbocycles. The first-order valence-corrected chi connectivity index (χ1v) is 12.8. The molecular formula is C23H30N4O6S. The van der Waals surface area contributed by atoms with Gasteiger partial charge in [-0.15, -0.1) is 0 Å². The number of hydrogen-bond acceptors (Lipinski definition) is 8. The van der Waals surface area contributed by atoms with E-state index in [9.17, 15) is 18.5 Å². The molecule has 2 aromatic rings. The Bertz CT molecular complexity index is 1110. The van der Waals surface area contributed by atoms with Crippen molar-refractivity contribution in [3.8, 4) is 5.75 Å². The van der Waals surface area contributed by atoms with Crippen molar-refractivity contribution in [1.29, 1.82) is 0 Å². The number of aryl methyl sites for hydroxylation is 1. The molecule has 10 nitrogen and oxygen atoms in total. The van der Waals surface area contributed by atoms with Crippen LogP contribution in [0.4, 0.5) is 11.4 Å². The Morgan fingerprint density at radius 1 is 1.03 bits per heavy atom. The van der Waals surface area contributed by atoms with Crippen molar-refractivity contribution in [2.75, 3.05) is 70.5 Å². The second-order valence-corrected chi connectivity index (χ2v) is 10.4. The van der Waals surface area contributed by atoms with Crippen molar-refractivity contribution in [2.45, 2.75) is 11.8 Å². The van der Waals surface area contributed by atoms with E-state index in [1.54, 1.807) is 6.07 Å². The van der Waals surface area contributed by atoms with E-state index in [4.69, 9.17) is 9.47 Å². The van der Waals surface area contributed by atoms with Crippen LogP contribution in [0.1, 0.15) is 5.56 Å². The molecule has 2 aliphatic heterocycles. The third-order valence-corrected chi connectivity index (χ3v) is 8.02. The second-order valence-electron chi connectivity index (χ2n) is 8.42. The summed E-state index contributed by atoms with van der Waals surface area (Å²) >= 11 is 0. The van der Waals surface area contributed by atoms with Gasteiger partial charge in [-0.3, -0.25) is 15.0 Å². The van der Waals surface area contributed by atoms with Gasteiger partial charge in [0.05, 0.1) is 23.0 Å². The van der Waals surface area contributed by atoms with Gasteiger partial charge in [0.15, 0.2) is 0 Å². The van der Waals surface area contributed by atoms with Crippen molar-refractivity contribution in [2.24, 2.45) is 0 Å². The Labute approximate surface area is 199 Å². The second kappa shape index (κ2) is 10.7. The summed E-state index contributed by atoms with van der Waals surface area (Å²) in [7, 11) is -3.80. The zero-order valence-corrected chi connectivity index (χ0v) is 20.1. The molecule has 2 fully saturated rings. The van der Waals surface area contributed by atoms with Crippen molar-refractivity contribution in [3.05, 3.63) is 58.1 Å². The maximum atomic E-state index is 12.9. The molecule has 0 spiro atoms. The predicted molar refractivity (Wildman–Crippen MR) is 128 cm³/mol. The van der Waals surface area contributed by atoms with Gasteiger partial charge in [0.1, 0.15) is 18.0 Å². The number of sulfonamides is 1. The van der Waals surface area contributed by atoms with E-state index in [2.05, 4.69) is 4.90 Å². The largest absolute Gasteiger partial charge is 0.492 e. The quantitative estimate of drug-likeness (QED) is 0.409. The fraction of sp³-hybridized carbons (Fsp3) is 0.478. The number of ether oxygens (including phenoxy) is 2. The number of nitro benzene ring substituents is 1. The number of morpholine rings is 1. The number of nitrogens with zero attached hydrogens (tertiary/aromatic N) is 4. The van der Waals surface area contributed by atoms with E-state index in [0.29, 0.717) is 38.6 Å². The van der Waals surface area contributed by atoms with Crippen molar-refractivity contribution in [3.63, 3.8) is 0 Å². The maximum Gasteiger partial charge on any atom is 0.293 e. The summed E-state index contributed by atoms with van der Waals surface area (Å²) in [6.07, 6.45) is 0. The van der Waals surface area contributed by atoms with E-state index in [1.165, 1.54) is 16.4 Å². The Balaban J connectivity index is 1.38. The van der Waals surface area contributed by atoms with E-state index in [-0.39, 0.29) is 23.7 Å². The lowest BCUT2D eigenvalue weighted by Gasteiger charge is -2.35. The first-order chi connectivity index (χ1) is 16.3. The molecule has 0 amide bonds. The van der Waals surface area contributed by atoms with Gasteiger partial charge in [0, 0.05) is 51.9 Å². The standard InChI is InChI=1S/C23H30N4O6S/c1-19-3-2-4-20(17-19)33-16-11-24-7-9-25(10-8-24)22-6-5-21(18-23(22)27(28)29)34(30,31)26-12-14-32-15-13-26/h2-6,17-18H,7-16H2,1H3. The average molecular weight is 491 g/mol. The summed E-state index contributed by atoms with van der Waals surface area (Å²) in [6, 6.07) is 12.1. The summed E-state index contributed by atoms with van der Waals surface area (Å²) in [6.45, 7) is 7.18. The monoisotopic (exact) mass is 490 g/mol. The fourth-order valence-corrected chi connectivity index (χ4v) is 5.65. The molecule has 0 aliphatic carbocycles. The third-order valence-electron chi connectivity index (χ3n) is 6.13. The first kappa shape index (κ1) is 24.4. The Morgan fingerprint density at radius 2 is 1.76 bits per heavy atom. The summed E-state index contributed by atoms with van der Waals surface area (Å²) in [5.41, 5.74) is 1.41. The lowest BCUT2D eigenvalue weighted by molar-refractivity contribution is -0.384. The van der Waals surface area contributed by atoms with Crippen LogP contribution in [0.25, 0.3) is 0 Å². The Morgan fingerprint density at radius 3 is 2.44 bits per heavy atom. The van der Waals surface area contributed by atoms with Gasteiger partial charge in [0.25, 0.3) is 5.69 Å². The molecule has 2 heterocycles. The van der Waals surface area contributed by atoms with Crippen LogP contribution in [0.15, 0.2) is 47.4 Å². The van der Waals surface area contributed by atoms with Crippen LogP contribution in [0, 0.1) is 17.0 Å². The van der Waals surface area contributed by atoms with Crippen molar-refractivity contribution >= 4 is 21.4 Å². The van der Waals surface area contributed by atoms with Crippen LogP contribution < -0.4 is 9.64 Å². The number of piperazine rings is 1. The fourth-order valence-electron chi connectivity index (χ4n) is 4.22. The number of rotatable bonds is 8. The minimum Gasteiger partial charge on any atom is -0.492 e. The number of hydrogen-bond donors (Lipinski definition) is 0. The molecule has 4 rings (SSSR count). The van der Waals surface area contributed by atoms with Gasteiger partial charge >= 0.3 is 0 Å². The van der Waals surface area contributed by atoms with Gasteiger partial charge in [-0.25, -0.2) is 8.42 Å². The predicted octanol–water partition coefficient (Wildman–Crippen LogP) is 2.13. The molecule has 2 saturated heterocycles. The molecule has 2 aromatic carbocycles. The number of benzene rings is 2. The Hall–Kier alpha value is -2.73. The molecule has 34 heavy (non-hydrogen) atoms. The van der Waals surface area contributed by atoms with Gasteiger partial charge < -0.3 is 14.4 Å². The molecule has 0 unspecified atom stereocenters. The van der Waals surface area contributed by atoms with Gasteiger partial charge in [-0.05, 0) is 36.8 Å². The Kier molecular flexibility index (Phi) is 7.67. The zero-order chi connectivity index (χ0) is 24.1. The number of anilines is 1. The lowest BCUT2D eigenvalue weighted by atomic mass is 10.2. The zero-order valence-electron chi connectivity index (χ0n) is 19.3. The summed E-state index contributed by atoms with van der Waals surface area (Å²) in [5, 5.41) is 11.8. The highest BCUT2D eigenvalue weighted by molar-refractivity contribution is 7.89. The first-order valence-electron chi connectivity index (χ1n) is 11.4. The molecular weight excluding hydrogens is 460 g/mol. The highest BCUT2D eigenvalue weighted by Crippen LogP contribution is 2.32. The molecule has 0 aromatic heterocycles. The van der Waals surface area contributed by atoms with E-state index in [0.717, 1.165) is 30.9 Å². The molecule has 0 atom stereocenters.